The number of likely N-dealkylation sites (tertiary alicyclic amines) is 1. The van der Waals surface area contributed by atoms with Crippen molar-refractivity contribution in [3.8, 4) is 0 Å². The molecule has 6 nitrogen and oxygen atoms in total. The van der Waals surface area contributed by atoms with Gasteiger partial charge in [-0.3, -0.25) is 14.4 Å². The summed E-state index contributed by atoms with van der Waals surface area (Å²) in [6.45, 7) is 7.46. The summed E-state index contributed by atoms with van der Waals surface area (Å²) in [5.41, 5.74) is 2.23. The summed E-state index contributed by atoms with van der Waals surface area (Å²) in [5, 5.41) is 6.21. The summed E-state index contributed by atoms with van der Waals surface area (Å²) in [6.07, 6.45) is 5.03. The molecule has 0 aromatic heterocycles. The zero-order valence-electron chi connectivity index (χ0n) is 22.1. The van der Waals surface area contributed by atoms with E-state index in [2.05, 4.69) is 31.4 Å². The minimum absolute atomic E-state index is 0.0192. The number of carbonyl (C=O) groups excluding carboxylic acids is 3. The number of carbonyl (C=O) groups is 3. The van der Waals surface area contributed by atoms with Crippen molar-refractivity contribution < 1.29 is 18.8 Å². The molecule has 4 rings (SSSR count). The fourth-order valence-electron chi connectivity index (χ4n) is 5.30. The third kappa shape index (κ3) is 6.76. The molecule has 1 saturated carbocycles. The molecule has 37 heavy (non-hydrogen) atoms. The normalized spacial score (nSPS) is 22.3. The molecular weight excluding hydrogens is 469 g/mol. The van der Waals surface area contributed by atoms with Crippen molar-refractivity contribution in [1.82, 2.24) is 15.5 Å². The maximum atomic E-state index is 13.3. The van der Waals surface area contributed by atoms with Crippen LogP contribution in [0.5, 0.6) is 0 Å². The van der Waals surface area contributed by atoms with Crippen molar-refractivity contribution in [2.45, 2.75) is 76.8 Å². The molecule has 3 atom stereocenters. The van der Waals surface area contributed by atoms with Gasteiger partial charge in [-0.15, -0.1) is 0 Å². The Balaban J connectivity index is 1.36. The maximum absolute atomic E-state index is 13.3. The van der Waals surface area contributed by atoms with Crippen molar-refractivity contribution in [3.05, 3.63) is 71.0 Å². The lowest BCUT2D eigenvalue weighted by Crippen LogP contribution is -2.55. The highest BCUT2D eigenvalue weighted by atomic mass is 19.1. The number of amides is 3. The average Bonchev–Trinajstić information content (AvgIpc) is 2.89. The lowest BCUT2D eigenvalue weighted by atomic mass is 9.86. The number of benzene rings is 2. The number of hydrogen-bond donors (Lipinski definition) is 2. The molecule has 2 fully saturated rings. The molecule has 1 saturated heterocycles. The van der Waals surface area contributed by atoms with Gasteiger partial charge in [0.25, 0.3) is 11.8 Å². The molecule has 0 bridgehead atoms. The largest absolute Gasteiger partial charge is 0.351 e. The van der Waals surface area contributed by atoms with E-state index in [9.17, 15) is 18.8 Å². The smallest absolute Gasteiger partial charge is 0.253 e. The van der Waals surface area contributed by atoms with Gasteiger partial charge in [-0.05, 0) is 73.1 Å². The van der Waals surface area contributed by atoms with Gasteiger partial charge in [-0.1, -0.05) is 45.7 Å². The van der Waals surface area contributed by atoms with E-state index in [1.54, 1.807) is 4.90 Å². The first-order chi connectivity index (χ1) is 17.6. The van der Waals surface area contributed by atoms with Gasteiger partial charge in [0, 0.05) is 36.3 Å². The highest BCUT2D eigenvalue weighted by molar-refractivity contribution is 5.95. The van der Waals surface area contributed by atoms with E-state index in [0.29, 0.717) is 24.2 Å². The third-order valence-corrected chi connectivity index (χ3v) is 7.59. The number of halogens is 1. The number of piperidine rings is 1. The monoisotopic (exact) mass is 507 g/mol. The first-order valence-corrected chi connectivity index (χ1v) is 13.4. The van der Waals surface area contributed by atoms with Crippen molar-refractivity contribution in [2.24, 2.45) is 5.92 Å². The van der Waals surface area contributed by atoms with Gasteiger partial charge in [-0.25, -0.2) is 4.39 Å². The van der Waals surface area contributed by atoms with Crippen LogP contribution in [-0.4, -0.2) is 47.8 Å². The summed E-state index contributed by atoms with van der Waals surface area (Å²) in [6, 6.07) is 12.9. The van der Waals surface area contributed by atoms with E-state index in [4.69, 9.17) is 0 Å². The molecule has 0 spiro atoms. The predicted octanol–water partition coefficient (Wildman–Crippen LogP) is 4.83. The third-order valence-electron chi connectivity index (χ3n) is 7.59. The molecule has 1 aliphatic carbocycles. The Morgan fingerprint density at radius 3 is 2.03 bits per heavy atom. The van der Waals surface area contributed by atoms with Gasteiger partial charge in [0.1, 0.15) is 5.82 Å². The summed E-state index contributed by atoms with van der Waals surface area (Å²) >= 11 is 0. The van der Waals surface area contributed by atoms with Crippen LogP contribution in [0.2, 0.25) is 0 Å². The number of nitrogens with one attached hydrogen (secondary N) is 2. The molecule has 7 heteroatoms. The van der Waals surface area contributed by atoms with Gasteiger partial charge < -0.3 is 15.5 Å². The van der Waals surface area contributed by atoms with Gasteiger partial charge in [0.05, 0.1) is 5.92 Å². The van der Waals surface area contributed by atoms with Crippen LogP contribution in [-0.2, 0) is 10.2 Å². The Hall–Kier alpha value is -3.22. The fourth-order valence-corrected chi connectivity index (χ4v) is 5.30. The van der Waals surface area contributed by atoms with Crippen molar-refractivity contribution in [1.29, 1.82) is 0 Å². The topological polar surface area (TPSA) is 78.5 Å². The Morgan fingerprint density at radius 1 is 0.811 bits per heavy atom. The van der Waals surface area contributed by atoms with Crippen LogP contribution in [0, 0.1) is 11.7 Å². The number of hydrogen-bond acceptors (Lipinski definition) is 3. The molecule has 1 aliphatic heterocycles. The van der Waals surface area contributed by atoms with Crippen LogP contribution in [0.4, 0.5) is 4.39 Å². The van der Waals surface area contributed by atoms with Crippen molar-refractivity contribution in [2.75, 3.05) is 13.1 Å². The summed E-state index contributed by atoms with van der Waals surface area (Å²) in [4.78, 5) is 40.9. The van der Waals surface area contributed by atoms with Crippen molar-refractivity contribution in [3.63, 3.8) is 0 Å². The first-order valence-electron chi connectivity index (χ1n) is 13.4. The highest BCUT2D eigenvalue weighted by Crippen LogP contribution is 2.25. The lowest BCUT2D eigenvalue weighted by Gasteiger charge is -2.36. The van der Waals surface area contributed by atoms with Gasteiger partial charge in [0.2, 0.25) is 5.91 Å². The Morgan fingerprint density at radius 2 is 1.41 bits per heavy atom. The fraction of sp³-hybridized carbons (Fsp3) is 0.500. The quantitative estimate of drug-likeness (QED) is 0.608. The van der Waals surface area contributed by atoms with Gasteiger partial charge in [0.15, 0.2) is 0 Å². The predicted molar refractivity (Wildman–Crippen MR) is 142 cm³/mol. The number of rotatable bonds is 5. The van der Waals surface area contributed by atoms with Gasteiger partial charge in [-0.2, -0.15) is 0 Å². The second-order valence-corrected chi connectivity index (χ2v) is 11.4. The Labute approximate surface area is 219 Å². The summed E-state index contributed by atoms with van der Waals surface area (Å²) in [7, 11) is 0. The lowest BCUT2D eigenvalue weighted by molar-refractivity contribution is -0.127. The molecule has 2 N–H and O–H groups in total. The Bertz CT molecular complexity index is 1110. The standard InChI is InChI=1S/C30H38FN3O3/c1-30(2,3)23-14-10-21(11-15-23)29(37)34-18-6-7-22(19-34)28(36)33-26-9-5-4-8-25(26)32-27(35)20-12-16-24(31)17-13-20/h10-17,22,25-26H,4-9,18-19H2,1-3H3,(H,32,35)(H,33,36)/t22-,25+,26+/m0/s1. The highest BCUT2D eigenvalue weighted by Gasteiger charge is 2.33. The van der Waals surface area contributed by atoms with Crippen LogP contribution in [0.1, 0.15) is 85.6 Å². The van der Waals surface area contributed by atoms with E-state index < -0.39 is 0 Å². The van der Waals surface area contributed by atoms with Crippen LogP contribution in [0.25, 0.3) is 0 Å². The van der Waals surface area contributed by atoms with Gasteiger partial charge >= 0.3 is 0 Å². The maximum Gasteiger partial charge on any atom is 0.253 e. The molecular formula is C30H38FN3O3. The minimum atomic E-state index is -0.388. The minimum Gasteiger partial charge on any atom is -0.351 e. The van der Waals surface area contributed by atoms with Crippen LogP contribution >= 0.6 is 0 Å². The molecule has 2 aromatic carbocycles. The van der Waals surface area contributed by atoms with E-state index in [1.807, 2.05) is 24.3 Å². The first kappa shape index (κ1) is 26.8. The van der Waals surface area contributed by atoms with Crippen molar-refractivity contribution >= 4 is 17.7 Å². The molecule has 198 valence electrons. The molecule has 0 radical (unpaired) electrons. The second-order valence-electron chi connectivity index (χ2n) is 11.4. The molecule has 1 heterocycles. The summed E-state index contributed by atoms with van der Waals surface area (Å²) in [5.74, 6) is -1.03. The zero-order valence-corrected chi connectivity index (χ0v) is 22.1. The summed E-state index contributed by atoms with van der Waals surface area (Å²) < 4.78 is 13.2. The molecule has 0 unspecified atom stereocenters. The van der Waals surface area contributed by atoms with Crippen LogP contribution < -0.4 is 10.6 Å². The molecule has 2 aromatic rings. The number of nitrogens with zero attached hydrogens (tertiary/aromatic N) is 1. The Kier molecular flexibility index (Phi) is 8.30. The SMILES string of the molecule is CC(C)(C)c1ccc(C(=O)N2CCC[C@H](C(=O)N[C@@H]3CCCC[C@H]3NC(=O)c3ccc(F)cc3)C2)cc1. The molecule has 3 amide bonds. The van der Waals surface area contributed by atoms with E-state index in [0.717, 1.165) is 38.5 Å². The van der Waals surface area contributed by atoms with E-state index in [1.165, 1.54) is 29.8 Å². The zero-order chi connectivity index (χ0) is 26.6. The van der Waals surface area contributed by atoms with E-state index in [-0.39, 0.29) is 47.0 Å². The van der Waals surface area contributed by atoms with E-state index >= 15 is 0 Å². The van der Waals surface area contributed by atoms with Crippen LogP contribution in [0.3, 0.4) is 0 Å². The average molecular weight is 508 g/mol. The molecule has 2 aliphatic rings. The second kappa shape index (κ2) is 11.4. The van der Waals surface area contributed by atoms with Crippen LogP contribution in [0.15, 0.2) is 48.5 Å².